The van der Waals surface area contributed by atoms with Gasteiger partial charge in [-0.3, -0.25) is 0 Å². The Morgan fingerprint density at radius 3 is 2.33 bits per heavy atom. The van der Waals surface area contributed by atoms with Crippen LogP contribution in [0.15, 0.2) is 40.3 Å². The maximum Gasteiger partial charge on any atom is 0.223 e. The van der Waals surface area contributed by atoms with Crippen molar-refractivity contribution in [1.29, 1.82) is 0 Å². The third-order valence-corrected chi connectivity index (χ3v) is 2.91. The van der Waals surface area contributed by atoms with Crippen LogP contribution in [-0.4, -0.2) is 29.9 Å². The number of hydrogen-bond donors (Lipinski definition) is 2. The van der Waals surface area contributed by atoms with Crippen molar-refractivity contribution in [3.05, 3.63) is 30.3 Å². The first-order chi connectivity index (χ1) is 8.75. The van der Waals surface area contributed by atoms with Gasteiger partial charge in [-0.2, -0.15) is 4.99 Å². The maximum atomic E-state index is 5.92. The number of nitrogens with two attached hydrogens (primary N) is 2. The van der Waals surface area contributed by atoms with Gasteiger partial charge in [-0.05, 0) is 31.4 Å². The molecule has 1 aliphatic rings. The van der Waals surface area contributed by atoms with Crippen molar-refractivity contribution in [2.75, 3.05) is 13.1 Å². The number of guanidine groups is 2. The first kappa shape index (κ1) is 12.4. The van der Waals surface area contributed by atoms with Gasteiger partial charge in [-0.1, -0.05) is 18.2 Å². The second kappa shape index (κ2) is 6.05. The lowest BCUT2D eigenvalue weighted by Crippen LogP contribution is -2.41. The fraction of sp³-hybridized carbons (Fsp3) is 0.385. The molecule has 5 nitrogen and oxygen atoms in total. The summed E-state index contributed by atoms with van der Waals surface area (Å²) in [5.74, 6) is 0.663. The minimum absolute atomic E-state index is 0.198. The topological polar surface area (TPSA) is 80.0 Å². The molecule has 18 heavy (non-hydrogen) atoms. The zero-order valence-electron chi connectivity index (χ0n) is 10.4. The SMILES string of the molecule is NC(=Nc1ccccc1)/N=C(/N)N1CCCCC1. The largest absolute Gasteiger partial charge is 0.369 e. The molecule has 0 bridgehead atoms. The normalized spacial score (nSPS) is 17.9. The maximum absolute atomic E-state index is 5.92. The molecule has 0 unspecified atom stereocenters. The van der Waals surface area contributed by atoms with E-state index in [9.17, 15) is 0 Å². The summed E-state index contributed by atoms with van der Waals surface area (Å²) in [6, 6.07) is 9.49. The summed E-state index contributed by atoms with van der Waals surface area (Å²) in [5.41, 5.74) is 12.5. The van der Waals surface area contributed by atoms with Crippen molar-refractivity contribution in [2.24, 2.45) is 21.5 Å². The van der Waals surface area contributed by atoms with Gasteiger partial charge in [0.25, 0.3) is 0 Å². The highest BCUT2D eigenvalue weighted by atomic mass is 15.3. The number of aliphatic imine (C=N–C) groups is 2. The third kappa shape index (κ3) is 3.48. The summed E-state index contributed by atoms with van der Waals surface area (Å²) in [5, 5.41) is 0. The van der Waals surface area contributed by atoms with Crippen molar-refractivity contribution in [3.63, 3.8) is 0 Å². The van der Waals surface area contributed by atoms with Gasteiger partial charge < -0.3 is 16.4 Å². The molecule has 0 aromatic heterocycles. The highest BCUT2D eigenvalue weighted by Crippen LogP contribution is 2.10. The molecule has 0 radical (unpaired) electrons. The van der Waals surface area contributed by atoms with Crippen LogP contribution in [0.3, 0.4) is 0 Å². The quantitative estimate of drug-likeness (QED) is 0.580. The van der Waals surface area contributed by atoms with Crippen molar-refractivity contribution in [2.45, 2.75) is 19.3 Å². The van der Waals surface area contributed by atoms with Gasteiger partial charge in [0.15, 0.2) is 5.96 Å². The minimum atomic E-state index is 0.198. The Balaban J connectivity index is 2.04. The number of piperidine rings is 1. The molecule has 1 heterocycles. The Kier molecular flexibility index (Phi) is 4.17. The van der Waals surface area contributed by atoms with Gasteiger partial charge in [-0.15, -0.1) is 0 Å². The highest BCUT2D eigenvalue weighted by Gasteiger charge is 2.12. The molecule has 1 fully saturated rings. The molecule has 0 amide bonds. The molecule has 5 heteroatoms. The molecule has 0 aliphatic carbocycles. The Bertz CT molecular complexity index is 432. The van der Waals surface area contributed by atoms with Crippen LogP contribution >= 0.6 is 0 Å². The van der Waals surface area contributed by atoms with E-state index >= 15 is 0 Å². The van der Waals surface area contributed by atoms with Crippen LogP contribution in [0, 0.1) is 0 Å². The second-order valence-electron chi connectivity index (χ2n) is 4.32. The number of para-hydroxylation sites is 1. The Labute approximate surface area is 107 Å². The molecule has 1 saturated heterocycles. The summed E-state index contributed by atoms with van der Waals surface area (Å²) in [6.45, 7) is 1.90. The Morgan fingerprint density at radius 2 is 1.67 bits per heavy atom. The van der Waals surface area contributed by atoms with E-state index in [2.05, 4.69) is 14.9 Å². The lowest BCUT2D eigenvalue weighted by molar-refractivity contribution is 0.339. The predicted molar refractivity (Wildman–Crippen MR) is 74.8 cm³/mol. The Hall–Kier alpha value is -2.04. The first-order valence-electron chi connectivity index (χ1n) is 6.24. The minimum Gasteiger partial charge on any atom is -0.369 e. The van der Waals surface area contributed by atoms with Crippen LogP contribution in [0.2, 0.25) is 0 Å². The van der Waals surface area contributed by atoms with Gasteiger partial charge in [0.05, 0.1) is 5.69 Å². The van der Waals surface area contributed by atoms with Crippen LogP contribution in [0.25, 0.3) is 0 Å². The van der Waals surface area contributed by atoms with E-state index < -0.39 is 0 Å². The van der Waals surface area contributed by atoms with Gasteiger partial charge in [0.2, 0.25) is 5.96 Å². The highest BCUT2D eigenvalue weighted by molar-refractivity contribution is 5.94. The number of hydrogen-bond acceptors (Lipinski definition) is 1. The lowest BCUT2D eigenvalue weighted by atomic mass is 10.1. The molecule has 96 valence electrons. The van der Waals surface area contributed by atoms with Crippen molar-refractivity contribution in [3.8, 4) is 0 Å². The van der Waals surface area contributed by atoms with Crippen molar-refractivity contribution >= 4 is 17.6 Å². The summed E-state index contributed by atoms with van der Waals surface area (Å²) in [4.78, 5) is 10.4. The predicted octanol–water partition coefficient (Wildman–Crippen LogP) is 1.43. The number of nitrogens with zero attached hydrogens (tertiary/aromatic N) is 3. The summed E-state index contributed by atoms with van der Waals surface area (Å²) in [7, 11) is 0. The van der Waals surface area contributed by atoms with E-state index in [-0.39, 0.29) is 5.96 Å². The first-order valence-corrected chi connectivity index (χ1v) is 6.24. The van der Waals surface area contributed by atoms with Crippen molar-refractivity contribution < 1.29 is 0 Å². The van der Waals surface area contributed by atoms with Crippen LogP contribution in [-0.2, 0) is 0 Å². The van der Waals surface area contributed by atoms with E-state index in [1.54, 1.807) is 0 Å². The summed E-state index contributed by atoms with van der Waals surface area (Å²) in [6.07, 6.45) is 3.58. The third-order valence-electron chi connectivity index (χ3n) is 2.91. The van der Waals surface area contributed by atoms with E-state index in [0.29, 0.717) is 5.96 Å². The number of benzene rings is 1. The molecule has 4 N–H and O–H groups in total. The molecule has 1 aromatic carbocycles. The monoisotopic (exact) mass is 245 g/mol. The van der Waals surface area contributed by atoms with Gasteiger partial charge in [0, 0.05) is 13.1 Å². The molecule has 0 saturated carbocycles. The van der Waals surface area contributed by atoms with E-state index in [1.807, 2.05) is 30.3 Å². The lowest BCUT2D eigenvalue weighted by Gasteiger charge is -2.27. The standard InChI is InChI=1S/C13H19N5/c14-12(16-11-7-3-1-4-8-11)17-13(15)18-9-5-2-6-10-18/h1,3-4,7-8H,2,5-6,9-10H2,(H4,14,15,16,17). The molecular formula is C13H19N5. The number of likely N-dealkylation sites (tertiary alicyclic amines) is 1. The molecular weight excluding hydrogens is 226 g/mol. The van der Waals surface area contributed by atoms with E-state index in [0.717, 1.165) is 31.6 Å². The smallest absolute Gasteiger partial charge is 0.223 e. The second-order valence-corrected chi connectivity index (χ2v) is 4.32. The average Bonchev–Trinajstić information content (AvgIpc) is 2.40. The Morgan fingerprint density at radius 1 is 1.00 bits per heavy atom. The molecule has 1 aromatic rings. The zero-order valence-corrected chi connectivity index (χ0v) is 10.4. The van der Waals surface area contributed by atoms with Crippen LogP contribution in [0.5, 0.6) is 0 Å². The number of rotatable bonds is 1. The van der Waals surface area contributed by atoms with E-state index in [4.69, 9.17) is 11.5 Å². The molecule has 0 spiro atoms. The zero-order chi connectivity index (χ0) is 12.8. The van der Waals surface area contributed by atoms with Gasteiger partial charge in [0.1, 0.15) is 0 Å². The summed E-state index contributed by atoms with van der Waals surface area (Å²) >= 11 is 0. The fourth-order valence-electron chi connectivity index (χ4n) is 1.97. The van der Waals surface area contributed by atoms with Crippen molar-refractivity contribution in [1.82, 2.24) is 4.90 Å². The molecule has 2 rings (SSSR count). The van der Waals surface area contributed by atoms with Gasteiger partial charge >= 0.3 is 0 Å². The molecule has 1 aliphatic heterocycles. The average molecular weight is 245 g/mol. The van der Waals surface area contributed by atoms with Crippen LogP contribution in [0.1, 0.15) is 19.3 Å². The van der Waals surface area contributed by atoms with E-state index in [1.165, 1.54) is 6.42 Å². The fourth-order valence-corrected chi connectivity index (χ4v) is 1.97. The van der Waals surface area contributed by atoms with Gasteiger partial charge in [-0.25, -0.2) is 4.99 Å². The van der Waals surface area contributed by atoms with Crippen LogP contribution in [0.4, 0.5) is 5.69 Å². The summed E-state index contributed by atoms with van der Waals surface area (Å²) < 4.78 is 0. The van der Waals surface area contributed by atoms with Crippen LogP contribution < -0.4 is 11.5 Å². The molecule has 0 atom stereocenters.